The minimum atomic E-state index is -1.47. The molecule has 1 unspecified atom stereocenters. The molecule has 21 heavy (non-hydrogen) atoms. The number of halogens is 2. The first-order valence-corrected chi connectivity index (χ1v) is 6.88. The Morgan fingerprint density at radius 2 is 2.10 bits per heavy atom. The molecule has 3 N–H and O–H groups in total. The summed E-state index contributed by atoms with van der Waals surface area (Å²) in [5, 5.41) is 15.6. The van der Waals surface area contributed by atoms with E-state index in [1.54, 1.807) is 7.05 Å². The molecule has 2 rings (SSSR count). The second-order valence-corrected chi connectivity index (χ2v) is 5.17. The first-order chi connectivity index (χ1) is 10.0. The molecule has 0 aliphatic heterocycles. The average molecular weight is 313 g/mol. The SMILES string of the molecule is CNc1ncc(C(=O)NCC(O)c2c(F)cccc2F)s1. The van der Waals surface area contributed by atoms with E-state index >= 15 is 0 Å². The van der Waals surface area contributed by atoms with Crippen LogP contribution >= 0.6 is 11.3 Å². The monoisotopic (exact) mass is 313 g/mol. The maximum atomic E-state index is 13.5. The van der Waals surface area contributed by atoms with Gasteiger partial charge in [-0.1, -0.05) is 17.4 Å². The Morgan fingerprint density at radius 3 is 2.67 bits per heavy atom. The van der Waals surface area contributed by atoms with Crippen LogP contribution in [0.15, 0.2) is 24.4 Å². The Bertz CT molecular complexity index is 628. The number of aliphatic hydroxyl groups excluding tert-OH is 1. The molecule has 1 amide bonds. The molecular formula is C13H13F2N3O2S. The van der Waals surface area contributed by atoms with E-state index in [1.165, 1.54) is 12.3 Å². The number of nitrogens with one attached hydrogen (secondary N) is 2. The Morgan fingerprint density at radius 1 is 1.43 bits per heavy atom. The van der Waals surface area contributed by atoms with Crippen molar-refractivity contribution in [2.24, 2.45) is 0 Å². The molecule has 1 atom stereocenters. The van der Waals surface area contributed by atoms with Crippen LogP contribution in [0.5, 0.6) is 0 Å². The van der Waals surface area contributed by atoms with Crippen molar-refractivity contribution in [2.45, 2.75) is 6.10 Å². The van der Waals surface area contributed by atoms with Crippen LogP contribution in [0.2, 0.25) is 0 Å². The number of hydrogen-bond donors (Lipinski definition) is 3. The van der Waals surface area contributed by atoms with Crippen molar-refractivity contribution in [3.63, 3.8) is 0 Å². The summed E-state index contributed by atoms with van der Waals surface area (Å²) in [7, 11) is 1.67. The van der Waals surface area contributed by atoms with E-state index in [0.717, 1.165) is 23.5 Å². The minimum absolute atomic E-state index is 0.302. The summed E-state index contributed by atoms with van der Waals surface area (Å²) in [6.45, 7) is -0.302. The lowest BCUT2D eigenvalue weighted by molar-refractivity contribution is 0.0915. The zero-order valence-electron chi connectivity index (χ0n) is 11.1. The third-order valence-corrected chi connectivity index (χ3v) is 3.75. The van der Waals surface area contributed by atoms with E-state index in [9.17, 15) is 18.7 Å². The lowest BCUT2D eigenvalue weighted by atomic mass is 10.1. The van der Waals surface area contributed by atoms with Gasteiger partial charge in [0.1, 0.15) is 22.6 Å². The van der Waals surface area contributed by atoms with E-state index in [0.29, 0.717) is 10.0 Å². The topological polar surface area (TPSA) is 74.2 Å². The summed E-state index contributed by atoms with van der Waals surface area (Å²) in [5.74, 6) is -2.18. The van der Waals surface area contributed by atoms with Crippen molar-refractivity contribution in [1.29, 1.82) is 0 Å². The second-order valence-electron chi connectivity index (χ2n) is 4.14. The number of aliphatic hydroxyl groups is 1. The molecule has 5 nitrogen and oxygen atoms in total. The largest absolute Gasteiger partial charge is 0.386 e. The number of amides is 1. The van der Waals surface area contributed by atoms with Crippen LogP contribution in [0.4, 0.5) is 13.9 Å². The molecule has 0 radical (unpaired) electrons. The Labute approximate surface area is 123 Å². The molecule has 8 heteroatoms. The van der Waals surface area contributed by atoms with Gasteiger partial charge in [0.05, 0.1) is 11.8 Å². The molecule has 0 saturated heterocycles. The normalized spacial score (nSPS) is 12.0. The molecule has 0 saturated carbocycles. The molecule has 0 spiro atoms. The molecule has 0 fully saturated rings. The summed E-state index contributed by atoms with van der Waals surface area (Å²) in [6, 6.07) is 3.30. The van der Waals surface area contributed by atoms with E-state index in [-0.39, 0.29) is 6.54 Å². The molecule has 0 bridgehead atoms. The van der Waals surface area contributed by atoms with E-state index < -0.39 is 29.2 Å². The van der Waals surface area contributed by atoms with Gasteiger partial charge < -0.3 is 15.7 Å². The standard InChI is InChI=1S/C13H13F2N3O2S/c1-16-13-18-6-10(21-13)12(20)17-5-9(19)11-7(14)3-2-4-8(11)15/h2-4,6,9,19H,5H2,1H3,(H,16,18)(H,17,20). The molecule has 0 aliphatic rings. The Kier molecular flexibility index (Phi) is 4.81. The van der Waals surface area contributed by atoms with Gasteiger partial charge in [0.15, 0.2) is 5.13 Å². The predicted octanol–water partition coefficient (Wildman–Crippen LogP) is 1.93. The number of carbonyl (C=O) groups excluding carboxylic acids is 1. The highest BCUT2D eigenvalue weighted by atomic mass is 32.1. The summed E-state index contributed by atoms with van der Waals surface area (Å²) in [6.07, 6.45) is -0.0890. The van der Waals surface area contributed by atoms with Crippen molar-refractivity contribution < 1.29 is 18.7 Å². The zero-order chi connectivity index (χ0) is 15.4. The molecule has 2 aromatic rings. The molecule has 1 aromatic carbocycles. The van der Waals surface area contributed by atoms with Crippen LogP contribution in [0.25, 0.3) is 0 Å². The highest BCUT2D eigenvalue weighted by Gasteiger charge is 2.19. The average Bonchev–Trinajstić information content (AvgIpc) is 2.93. The van der Waals surface area contributed by atoms with Crippen LogP contribution in [0.1, 0.15) is 21.3 Å². The summed E-state index contributed by atoms with van der Waals surface area (Å²) < 4.78 is 26.9. The molecule has 0 aliphatic carbocycles. The number of nitrogens with zero attached hydrogens (tertiary/aromatic N) is 1. The van der Waals surface area contributed by atoms with Gasteiger partial charge in [-0.15, -0.1) is 0 Å². The summed E-state index contributed by atoms with van der Waals surface area (Å²) >= 11 is 1.13. The molecule has 112 valence electrons. The predicted molar refractivity (Wildman–Crippen MR) is 75.3 cm³/mol. The van der Waals surface area contributed by atoms with Crippen LogP contribution in [0.3, 0.4) is 0 Å². The Hall–Kier alpha value is -2.06. The van der Waals surface area contributed by atoms with Crippen molar-refractivity contribution in [2.75, 3.05) is 18.9 Å². The number of hydrogen-bond acceptors (Lipinski definition) is 5. The van der Waals surface area contributed by atoms with Gasteiger partial charge in [-0.2, -0.15) is 0 Å². The molecule has 1 aromatic heterocycles. The van der Waals surface area contributed by atoms with Gasteiger partial charge in [0.25, 0.3) is 5.91 Å². The quantitative estimate of drug-likeness (QED) is 0.788. The Balaban J connectivity index is 2.00. The number of thiazole rings is 1. The van der Waals surface area contributed by atoms with Crippen molar-refractivity contribution in [3.05, 3.63) is 46.5 Å². The van der Waals surface area contributed by atoms with Crippen molar-refractivity contribution in [3.8, 4) is 0 Å². The fourth-order valence-electron chi connectivity index (χ4n) is 1.70. The van der Waals surface area contributed by atoms with Crippen LogP contribution in [0, 0.1) is 11.6 Å². The summed E-state index contributed by atoms with van der Waals surface area (Å²) in [4.78, 5) is 16.1. The van der Waals surface area contributed by atoms with Gasteiger partial charge in [0.2, 0.25) is 0 Å². The number of aromatic nitrogens is 1. The van der Waals surface area contributed by atoms with Crippen LogP contribution in [-0.4, -0.2) is 29.6 Å². The third-order valence-electron chi connectivity index (χ3n) is 2.73. The first-order valence-electron chi connectivity index (χ1n) is 6.06. The van der Waals surface area contributed by atoms with Gasteiger partial charge in [0, 0.05) is 13.6 Å². The van der Waals surface area contributed by atoms with Crippen LogP contribution < -0.4 is 10.6 Å². The van der Waals surface area contributed by atoms with E-state index in [1.807, 2.05) is 0 Å². The highest BCUT2D eigenvalue weighted by Crippen LogP contribution is 2.21. The highest BCUT2D eigenvalue weighted by molar-refractivity contribution is 7.17. The fourth-order valence-corrected chi connectivity index (χ4v) is 2.39. The second kappa shape index (κ2) is 6.59. The van der Waals surface area contributed by atoms with Gasteiger partial charge >= 0.3 is 0 Å². The number of carbonyl (C=O) groups is 1. The van der Waals surface area contributed by atoms with E-state index in [2.05, 4.69) is 15.6 Å². The fraction of sp³-hybridized carbons (Fsp3) is 0.231. The van der Waals surface area contributed by atoms with Gasteiger partial charge in [-0.25, -0.2) is 13.8 Å². The first kappa shape index (κ1) is 15.3. The maximum Gasteiger partial charge on any atom is 0.263 e. The zero-order valence-corrected chi connectivity index (χ0v) is 11.9. The molecular weight excluding hydrogens is 300 g/mol. The lowest BCUT2D eigenvalue weighted by Crippen LogP contribution is -2.28. The van der Waals surface area contributed by atoms with Crippen LogP contribution in [-0.2, 0) is 0 Å². The smallest absolute Gasteiger partial charge is 0.263 e. The minimum Gasteiger partial charge on any atom is -0.386 e. The van der Waals surface area contributed by atoms with E-state index in [4.69, 9.17) is 0 Å². The maximum absolute atomic E-state index is 13.5. The lowest BCUT2D eigenvalue weighted by Gasteiger charge is -2.13. The number of anilines is 1. The van der Waals surface area contributed by atoms with Crippen molar-refractivity contribution in [1.82, 2.24) is 10.3 Å². The molecule has 1 heterocycles. The number of rotatable bonds is 5. The summed E-state index contributed by atoms with van der Waals surface area (Å²) in [5.41, 5.74) is -0.460. The third kappa shape index (κ3) is 3.53. The van der Waals surface area contributed by atoms with Gasteiger partial charge in [-0.05, 0) is 12.1 Å². The number of benzene rings is 1. The van der Waals surface area contributed by atoms with Gasteiger partial charge in [-0.3, -0.25) is 4.79 Å². The van der Waals surface area contributed by atoms with Crippen molar-refractivity contribution >= 4 is 22.4 Å².